The minimum absolute atomic E-state index is 0.300. The maximum absolute atomic E-state index is 12.6. The molecular weight excluding hydrogens is 224 g/mol. The quantitative estimate of drug-likeness (QED) is 0.783. The fourth-order valence-electron chi connectivity index (χ4n) is 3.38. The van der Waals surface area contributed by atoms with Crippen LogP contribution < -0.4 is 4.90 Å². The number of rotatable bonds is 2. The van der Waals surface area contributed by atoms with Gasteiger partial charge in [0.25, 0.3) is 0 Å². The lowest BCUT2D eigenvalue weighted by Crippen LogP contribution is -3.16. The number of nitrogens with zero attached hydrogens (tertiary/aromatic N) is 1. The summed E-state index contributed by atoms with van der Waals surface area (Å²) in [6, 6.07) is 0.657. The second kappa shape index (κ2) is 6.55. The van der Waals surface area contributed by atoms with Gasteiger partial charge in [0.15, 0.2) is 0 Å². The molecule has 104 valence electrons. The van der Waals surface area contributed by atoms with Gasteiger partial charge in [-0.15, -0.1) is 0 Å². The minimum Gasteiger partial charge on any atom is -0.342 e. The molecule has 3 heteroatoms. The minimum atomic E-state index is 0.300. The Kier molecular flexibility index (Phi) is 5.04. The molecule has 2 rings (SSSR count). The first kappa shape index (κ1) is 13.9. The van der Waals surface area contributed by atoms with E-state index in [1.54, 1.807) is 4.90 Å². The van der Waals surface area contributed by atoms with Crippen LogP contribution in [-0.4, -0.2) is 43.0 Å². The van der Waals surface area contributed by atoms with Crippen LogP contribution in [0.1, 0.15) is 52.4 Å². The third-order valence-electron chi connectivity index (χ3n) is 4.64. The Morgan fingerprint density at radius 2 is 1.78 bits per heavy atom. The van der Waals surface area contributed by atoms with E-state index < -0.39 is 0 Å². The molecule has 18 heavy (non-hydrogen) atoms. The van der Waals surface area contributed by atoms with E-state index in [-0.39, 0.29) is 0 Å². The van der Waals surface area contributed by atoms with Crippen molar-refractivity contribution >= 4 is 5.91 Å². The number of quaternary nitrogens is 1. The van der Waals surface area contributed by atoms with E-state index in [1.165, 1.54) is 38.6 Å². The van der Waals surface area contributed by atoms with Gasteiger partial charge in [0.2, 0.25) is 5.91 Å². The average Bonchev–Trinajstić information content (AvgIpc) is 2.67. The first-order valence-electron chi connectivity index (χ1n) is 7.82. The van der Waals surface area contributed by atoms with Gasteiger partial charge in [0.1, 0.15) is 0 Å². The van der Waals surface area contributed by atoms with Crippen LogP contribution in [-0.2, 0) is 4.79 Å². The second-order valence-corrected chi connectivity index (χ2v) is 6.35. The Morgan fingerprint density at radius 3 is 2.39 bits per heavy atom. The standard InChI is InChI=1S/C15H28N2O/c1-13(2)17-11-7-8-14(12-17)15(18)16-9-5-3-4-6-10-16/h13-14H,3-12H2,1-2H3/p+1/t14-/m1/s1. The van der Waals surface area contributed by atoms with Crippen molar-refractivity contribution in [3.8, 4) is 0 Å². The first-order chi connectivity index (χ1) is 8.68. The summed E-state index contributed by atoms with van der Waals surface area (Å²) in [4.78, 5) is 16.4. The zero-order valence-electron chi connectivity index (χ0n) is 12.1. The van der Waals surface area contributed by atoms with Crippen molar-refractivity contribution in [1.82, 2.24) is 4.90 Å². The van der Waals surface area contributed by atoms with Gasteiger partial charge in [-0.05, 0) is 39.5 Å². The van der Waals surface area contributed by atoms with Gasteiger partial charge in [-0.3, -0.25) is 4.79 Å². The van der Waals surface area contributed by atoms with E-state index in [1.807, 2.05) is 0 Å². The van der Waals surface area contributed by atoms with Gasteiger partial charge in [0.05, 0.1) is 25.0 Å². The van der Waals surface area contributed by atoms with Crippen molar-refractivity contribution in [3.63, 3.8) is 0 Å². The summed E-state index contributed by atoms with van der Waals surface area (Å²) in [6.45, 7) is 8.87. The number of hydrogen-bond acceptors (Lipinski definition) is 1. The molecule has 2 saturated heterocycles. The zero-order valence-corrected chi connectivity index (χ0v) is 12.1. The van der Waals surface area contributed by atoms with E-state index in [2.05, 4.69) is 18.7 Å². The van der Waals surface area contributed by atoms with E-state index in [0.29, 0.717) is 17.9 Å². The van der Waals surface area contributed by atoms with Gasteiger partial charge in [-0.1, -0.05) is 12.8 Å². The molecule has 3 nitrogen and oxygen atoms in total. The largest absolute Gasteiger partial charge is 0.342 e. The predicted octanol–water partition coefficient (Wildman–Crippen LogP) is 1.09. The van der Waals surface area contributed by atoms with Gasteiger partial charge >= 0.3 is 0 Å². The van der Waals surface area contributed by atoms with Crippen LogP contribution >= 0.6 is 0 Å². The van der Waals surface area contributed by atoms with Crippen molar-refractivity contribution < 1.29 is 9.69 Å². The molecule has 2 fully saturated rings. The summed E-state index contributed by atoms with van der Waals surface area (Å²) in [5, 5.41) is 0. The molecule has 0 aromatic rings. The molecular formula is C15H29N2O+. The Balaban J connectivity index is 1.90. The normalized spacial score (nSPS) is 30.3. The molecule has 0 saturated carbocycles. The number of carbonyl (C=O) groups is 1. The van der Waals surface area contributed by atoms with Crippen LogP contribution in [0.3, 0.4) is 0 Å². The van der Waals surface area contributed by atoms with Crippen LogP contribution in [0.4, 0.5) is 0 Å². The fourth-order valence-corrected chi connectivity index (χ4v) is 3.38. The van der Waals surface area contributed by atoms with Gasteiger partial charge in [-0.25, -0.2) is 0 Å². The molecule has 0 spiro atoms. The summed E-state index contributed by atoms with van der Waals surface area (Å²) in [6.07, 6.45) is 7.36. The summed E-state index contributed by atoms with van der Waals surface area (Å²) in [5.74, 6) is 0.754. The maximum Gasteiger partial charge on any atom is 0.231 e. The highest BCUT2D eigenvalue weighted by molar-refractivity contribution is 5.79. The molecule has 2 aliphatic heterocycles. The van der Waals surface area contributed by atoms with Crippen LogP contribution in [0.5, 0.6) is 0 Å². The molecule has 1 unspecified atom stereocenters. The lowest BCUT2D eigenvalue weighted by atomic mass is 9.95. The zero-order chi connectivity index (χ0) is 13.0. The molecule has 0 aromatic heterocycles. The second-order valence-electron chi connectivity index (χ2n) is 6.35. The highest BCUT2D eigenvalue weighted by Gasteiger charge is 2.32. The SMILES string of the molecule is CC(C)[NH+]1CCC[C@@H](C(=O)N2CCCCCC2)C1. The molecule has 0 aliphatic carbocycles. The third-order valence-corrected chi connectivity index (χ3v) is 4.64. The van der Waals surface area contributed by atoms with Crippen LogP contribution in [0.25, 0.3) is 0 Å². The van der Waals surface area contributed by atoms with Crippen molar-refractivity contribution in [3.05, 3.63) is 0 Å². The third kappa shape index (κ3) is 3.47. The molecule has 0 aromatic carbocycles. The molecule has 1 amide bonds. The Labute approximate surface area is 112 Å². The molecule has 0 bridgehead atoms. The number of carbonyl (C=O) groups excluding carboxylic acids is 1. The van der Waals surface area contributed by atoms with Crippen molar-refractivity contribution in [1.29, 1.82) is 0 Å². The Hall–Kier alpha value is -0.570. The van der Waals surface area contributed by atoms with Crippen molar-refractivity contribution in [2.24, 2.45) is 5.92 Å². The Bertz CT molecular complexity index is 270. The summed E-state index contributed by atoms with van der Waals surface area (Å²) < 4.78 is 0. The molecule has 2 aliphatic rings. The molecule has 1 N–H and O–H groups in total. The van der Waals surface area contributed by atoms with Gasteiger partial charge in [0, 0.05) is 13.1 Å². The fraction of sp³-hybridized carbons (Fsp3) is 0.933. The van der Waals surface area contributed by atoms with Gasteiger partial charge < -0.3 is 9.80 Å². The van der Waals surface area contributed by atoms with Crippen LogP contribution in [0.15, 0.2) is 0 Å². The number of nitrogens with one attached hydrogen (secondary N) is 1. The summed E-state index contributed by atoms with van der Waals surface area (Å²) in [5.41, 5.74) is 0. The number of amides is 1. The molecule has 2 heterocycles. The van der Waals surface area contributed by atoms with Crippen molar-refractivity contribution in [2.75, 3.05) is 26.2 Å². The van der Waals surface area contributed by atoms with Crippen molar-refractivity contribution in [2.45, 2.75) is 58.4 Å². The highest BCUT2D eigenvalue weighted by Crippen LogP contribution is 2.16. The summed E-state index contributed by atoms with van der Waals surface area (Å²) >= 11 is 0. The van der Waals surface area contributed by atoms with E-state index in [4.69, 9.17) is 0 Å². The van der Waals surface area contributed by atoms with E-state index in [9.17, 15) is 4.79 Å². The predicted molar refractivity (Wildman–Crippen MR) is 73.6 cm³/mol. The number of likely N-dealkylation sites (tertiary alicyclic amines) is 2. The first-order valence-corrected chi connectivity index (χ1v) is 7.82. The van der Waals surface area contributed by atoms with Gasteiger partial charge in [-0.2, -0.15) is 0 Å². The number of piperidine rings is 1. The van der Waals surface area contributed by atoms with E-state index >= 15 is 0 Å². The molecule has 2 atom stereocenters. The topological polar surface area (TPSA) is 24.8 Å². The maximum atomic E-state index is 12.6. The molecule has 0 radical (unpaired) electrons. The van der Waals surface area contributed by atoms with Crippen LogP contribution in [0, 0.1) is 5.92 Å². The lowest BCUT2D eigenvalue weighted by molar-refractivity contribution is -0.928. The Morgan fingerprint density at radius 1 is 1.11 bits per heavy atom. The average molecular weight is 253 g/mol. The summed E-state index contributed by atoms with van der Waals surface area (Å²) in [7, 11) is 0. The lowest BCUT2D eigenvalue weighted by Gasteiger charge is -2.34. The monoisotopic (exact) mass is 253 g/mol. The van der Waals surface area contributed by atoms with Crippen LogP contribution in [0.2, 0.25) is 0 Å². The highest BCUT2D eigenvalue weighted by atomic mass is 16.2. The number of hydrogen-bond donors (Lipinski definition) is 1. The van der Waals surface area contributed by atoms with E-state index in [0.717, 1.165) is 26.1 Å². The smallest absolute Gasteiger partial charge is 0.231 e.